The van der Waals surface area contributed by atoms with Crippen molar-refractivity contribution in [3.63, 3.8) is 0 Å². The lowest BCUT2D eigenvalue weighted by Crippen LogP contribution is -2.68. The molecular formula is C50H97N5O11. The number of esters is 2. The molecule has 0 aromatic rings. The van der Waals surface area contributed by atoms with Gasteiger partial charge in [0, 0.05) is 31.5 Å². The normalized spacial score (nSPS) is 31.5. The summed E-state index contributed by atoms with van der Waals surface area (Å²) in [6, 6.07) is -3.54. The van der Waals surface area contributed by atoms with Crippen molar-refractivity contribution < 1.29 is 53.3 Å². The first kappa shape index (κ1) is 58.8. The number of aliphatic hydroxyl groups is 3. The second-order valence-corrected chi connectivity index (χ2v) is 19.7. The van der Waals surface area contributed by atoms with Gasteiger partial charge in [-0.25, -0.2) is 0 Å². The summed E-state index contributed by atoms with van der Waals surface area (Å²) in [4.78, 5) is 26.3. The number of aliphatic hydroxyl groups excluding tert-OH is 3. The van der Waals surface area contributed by atoms with E-state index < -0.39 is 97.5 Å². The van der Waals surface area contributed by atoms with Crippen molar-refractivity contribution in [2.75, 3.05) is 13.2 Å². The van der Waals surface area contributed by atoms with E-state index in [2.05, 4.69) is 13.8 Å². The van der Waals surface area contributed by atoms with Gasteiger partial charge in [-0.15, -0.1) is 0 Å². The first-order chi connectivity index (χ1) is 31.9. The molecule has 66 heavy (non-hydrogen) atoms. The summed E-state index contributed by atoms with van der Waals surface area (Å²) in [7, 11) is 0. The molecule has 388 valence electrons. The lowest BCUT2D eigenvalue weighted by atomic mass is 9.84. The lowest BCUT2D eigenvalue weighted by Gasteiger charge is -2.48. The minimum atomic E-state index is -1.55. The van der Waals surface area contributed by atoms with Gasteiger partial charge in [-0.3, -0.25) is 9.59 Å². The maximum absolute atomic E-state index is 13.3. The van der Waals surface area contributed by atoms with Crippen LogP contribution in [0.5, 0.6) is 0 Å². The molecule has 13 N–H and O–H groups in total. The highest BCUT2D eigenvalue weighted by molar-refractivity contribution is 5.70. The molecule has 3 fully saturated rings. The molecule has 1 saturated carbocycles. The molecule has 3 aliphatic rings. The Balaban J connectivity index is 1.56. The summed E-state index contributed by atoms with van der Waals surface area (Å²) in [5, 5.41) is 33.3. The van der Waals surface area contributed by atoms with E-state index in [1.807, 2.05) is 0 Å². The topological polar surface area (TPSA) is 280 Å². The van der Waals surface area contributed by atoms with Crippen LogP contribution in [0.4, 0.5) is 0 Å². The van der Waals surface area contributed by atoms with Gasteiger partial charge >= 0.3 is 11.9 Å². The molecule has 0 aromatic carbocycles. The molecule has 0 amide bonds. The number of unbranched alkanes of at least 4 members (excludes halogenated alkanes) is 24. The van der Waals surface area contributed by atoms with Crippen molar-refractivity contribution in [2.24, 2.45) is 28.7 Å². The van der Waals surface area contributed by atoms with Crippen LogP contribution in [0.1, 0.15) is 206 Å². The summed E-state index contributed by atoms with van der Waals surface area (Å²) in [5.74, 6) is -0.913. The second kappa shape index (κ2) is 34.7. The fraction of sp³-hybridized carbons (Fsp3) is 0.960. The van der Waals surface area contributed by atoms with Gasteiger partial charge in [0.15, 0.2) is 12.6 Å². The monoisotopic (exact) mass is 944 g/mol. The number of carbonyl (C=O) groups is 2. The molecule has 0 radical (unpaired) electrons. The van der Waals surface area contributed by atoms with E-state index in [1.165, 1.54) is 116 Å². The summed E-state index contributed by atoms with van der Waals surface area (Å²) in [5.41, 5.74) is 31.6. The van der Waals surface area contributed by atoms with Crippen molar-refractivity contribution in [1.29, 1.82) is 0 Å². The average molecular weight is 944 g/mol. The molecule has 14 atom stereocenters. The van der Waals surface area contributed by atoms with Crippen LogP contribution in [0.3, 0.4) is 0 Å². The van der Waals surface area contributed by atoms with Crippen LogP contribution in [-0.4, -0.2) is 126 Å². The third kappa shape index (κ3) is 22.0. The lowest BCUT2D eigenvalue weighted by molar-refractivity contribution is -0.327. The van der Waals surface area contributed by atoms with Gasteiger partial charge < -0.3 is 72.4 Å². The first-order valence-corrected chi connectivity index (χ1v) is 26.6. The van der Waals surface area contributed by atoms with E-state index in [-0.39, 0.29) is 38.8 Å². The molecule has 2 aliphatic heterocycles. The quantitative estimate of drug-likeness (QED) is 0.0273. The Morgan fingerprint density at radius 1 is 0.500 bits per heavy atom. The van der Waals surface area contributed by atoms with Crippen molar-refractivity contribution in [1.82, 2.24) is 0 Å². The van der Waals surface area contributed by atoms with Gasteiger partial charge in [0.25, 0.3) is 0 Å². The molecule has 16 heteroatoms. The van der Waals surface area contributed by atoms with Crippen LogP contribution in [0.2, 0.25) is 0 Å². The Labute approximate surface area is 398 Å². The Kier molecular flexibility index (Phi) is 30.9. The van der Waals surface area contributed by atoms with Gasteiger partial charge in [0.05, 0.1) is 30.4 Å². The highest BCUT2D eigenvalue weighted by atomic mass is 16.7. The first-order valence-electron chi connectivity index (χ1n) is 26.6. The van der Waals surface area contributed by atoms with E-state index in [9.17, 15) is 24.9 Å². The molecular weight excluding hydrogens is 847 g/mol. The predicted molar refractivity (Wildman–Crippen MR) is 257 cm³/mol. The summed E-state index contributed by atoms with van der Waals surface area (Å²) in [6.07, 6.45) is 19.8. The summed E-state index contributed by atoms with van der Waals surface area (Å²) < 4.78 is 36.3. The molecule has 14 unspecified atom stereocenters. The number of hydrogen-bond acceptors (Lipinski definition) is 16. The second-order valence-electron chi connectivity index (χ2n) is 19.7. The molecule has 0 aromatic heterocycles. The van der Waals surface area contributed by atoms with E-state index in [4.69, 9.17) is 57.1 Å². The Hall–Kier alpha value is -1.54. The van der Waals surface area contributed by atoms with Gasteiger partial charge in [-0.1, -0.05) is 168 Å². The maximum Gasteiger partial charge on any atom is 0.306 e. The van der Waals surface area contributed by atoms with E-state index in [0.29, 0.717) is 12.8 Å². The Morgan fingerprint density at radius 3 is 1.42 bits per heavy atom. The van der Waals surface area contributed by atoms with Gasteiger partial charge in [-0.2, -0.15) is 0 Å². The number of hydrogen-bond donors (Lipinski definition) is 8. The fourth-order valence-electron chi connectivity index (χ4n) is 9.55. The SMILES string of the molecule is CCCCCCCCCCCCCCCC(=O)OCC1OC(OC2C(O)C(N)CC(N)C2OC2OC(CN)C(O)CC2N)C(O)C(N)C1OC(=O)CCCCCCCCCCCCCCC. The third-order valence-electron chi connectivity index (χ3n) is 13.9. The smallest absolute Gasteiger partial charge is 0.306 e. The van der Waals surface area contributed by atoms with Crippen LogP contribution in [-0.2, 0) is 38.0 Å². The predicted octanol–water partition coefficient (Wildman–Crippen LogP) is 5.77. The van der Waals surface area contributed by atoms with Crippen LogP contribution in [0.15, 0.2) is 0 Å². The third-order valence-corrected chi connectivity index (χ3v) is 13.9. The zero-order valence-corrected chi connectivity index (χ0v) is 41.2. The highest BCUT2D eigenvalue weighted by Crippen LogP contribution is 2.32. The maximum atomic E-state index is 13.3. The largest absolute Gasteiger partial charge is 0.463 e. The molecule has 2 saturated heterocycles. The van der Waals surface area contributed by atoms with Gasteiger partial charge in [0.2, 0.25) is 0 Å². The fourth-order valence-corrected chi connectivity index (χ4v) is 9.55. The van der Waals surface area contributed by atoms with E-state index in [0.717, 1.165) is 38.5 Å². The minimum absolute atomic E-state index is 0.0222. The van der Waals surface area contributed by atoms with Crippen LogP contribution < -0.4 is 28.7 Å². The number of carbonyl (C=O) groups excluding carboxylic acids is 2. The zero-order chi connectivity index (χ0) is 48.1. The molecule has 0 spiro atoms. The number of ether oxygens (including phenoxy) is 6. The van der Waals surface area contributed by atoms with Gasteiger partial charge in [-0.05, 0) is 25.7 Å². The van der Waals surface area contributed by atoms with Crippen LogP contribution in [0.25, 0.3) is 0 Å². The zero-order valence-electron chi connectivity index (χ0n) is 41.2. The standard InChI is InChI=1S/C50H97N5O11/c1-3-5-7-9-11-13-15-17-19-21-23-25-27-29-41(57)61-34-40-47(64-42(58)30-28-26-24-22-20-18-16-14-12-10-8-6-4-2)43(55)45(60)50(63-40)66-48-44(59)35(52)31-36(53)46(48)65-49-37(54)32-38(56)39(33-51)62-49/h35-40,43-50,56,59-60H,3-34,51-55H2,1-2H3. The summed E-state index contributed by atoms with van der Waals surface area (Å²) in [6.45, 7) is 4.19. The highest BCUT2D eigenvalue weighted by Gasteiger charge is 2.52. The van der Waals surface area contributed by atoms with Crippen LogP contribution >= 0.6 is 0 Å². The molecule has 1 aliphatic carbocycles. The Bertz CT molecular complexity index is 1260. The van der Waals surface area contributed by atoms with Gasteiger partial charge in [0.1, 0.15) is 37.1 Å². The number of nitrogens with two attached hydrogens (primary N) is 5. The Morgan fingerprint density at radius 2 is 0.939 bits per heavy atom. The average Bonchev–Trinajstić information content (AvgIpc) is 3.29. The van der Waals surface area contributed by atoms with Crippen molar-refractivity contribution in [3.8, 4) is 0 Å². The molecule has 3 rings (SSSR count). The van der Waals surface area contributed by atoms with E-state index in [1.54, 1.807) is 0 Å². The van der Waals surface area contributed by atoms with Crippen LogP contribution in [0, 0.1) is 0 Å². The van der Waals surface area contributed by atoms with E-state index >= 15 is 0 Å². The van der Waals surface area contributed by atoms with Crippen molar-refractivity contribution >= 4 is 11.9 Å². The molecule has 16 nitrogen and oxygen atoms in total. The summed E-state index contributed by atoms with van der Waals surface area (Å²) >= 11 is 0. The number of rotatable bonds is 36. The molecule has 0 bridgehead atoms. The minimum Gasteiger partial charge on any atom is -0.463 e. The molecule has 2 heterocycles. The van der Waals surface area contributed by atoms with Crippen molar-refractivity contribution in [3.05, 3.63) is 0 Å². The van der Waals surface area contributed by atoms with Crippen molar-refractivity contribution in [2.45, 2.75) is 292 Å².